The van der Waals surface area contributed by atoms with Crippen LogP contribution in [0.1, 0.15) is 24.5 Å². The highest BCUT2D eigenvalue weighted by atomic mass is 19.1. The maximum Gasteiger partial charge on any atom is 0.143 e. The monoisotopic (exact) mass is 412 g/mol. The number of nitrogens with one attached hydrogen (secondary N) is 1. The Labute approximate surface area is 177 Å². The van der Waals surface area contributed by atoms with E-state index in [-0.39, 0.29) is 11.9 Å². The molecule has 1 fully saturated rings. The van der Waals surface area contributed by atoms with E-state index < -0.39 is 0 Å². The van der Waals surface area contributed by atoms with Gasteiger partial charge in [0.25, 0.3) is 0 Å². The van der Waals surface area contributed by atoms with Gasteiger partial charge in [-0.15, -0.1) is 0 Å². The molecule has 4 rings (SSSR count). The minimum absolute atomic E-state index is 0.00905. The van der Waals surface area contributed by atoms with Crippen LogP contribution in [0.5, 0.6) is 11.5 Å². The predicted molar refractivity (Wildman–Crippen MR) is 118 cm³/mol. The summed E-state index contributed by atoms with van der Waals surface area (Å²) in [4.78, 5) is 2.38. The first-order valence-corrected chi connectivity index (χ1v) is 10.6. The molecule has 0 saturated carbocycles. The molecule has 2 aliphatic heterocycles. The van der Waals surface area contributed by atoms with Crippen molar-refractivity contribution >= 4 is 17.3 Å². The van der Waals surface area contributed by atoms with Gasteiger partial charge in [0.05, 0.1) is 38.7 Å². The first-order valence-electron chi connectivity index (χ1n) is 10.6. The Balaban J connectivity index is 1.72. The Morgan fingerprint density at radius 1 is 1.13 bits per heavy atom. The van der Waals surface area contributed by atoms with Crippen molar-refractivity contribution in [2.45, 2.75) is 19.4 Å². The number of ether oxygens (including phenoxy) is 3. The second-order valence-corrected chi connectivity index (χ2v) is 7.62. The summed E-state index contributed by atoms with van der Waals surface area (Å²) in [5.41, 5.74) is 3.39. The zero-order chi connectivity index (χ0) is 20.9. The molecular formula is C24H29FN2O3. The molecule has 2 heterocycles. The highest BCUT2D eigenvalue weighted by Gasteiger charge is 2.28. The molecule has 1 unspecified atom stereocenters. The molecule has 0 aliphatic carbocycles. The normalized spacial score (nSPS) is 18.9. The Morgan fingerprint density at radius 2 is 1.90 bits per heavy atom. The van der Waals surface area contributed by atoms with E-state index in [4.69, 9.17) is 14.2 Å². The summed E-state index contributed by atoms with van der Waals surface area (Å²) < 4.78 is 31.5. The van der Waals surface area contributed by atoms with Gasteiger partial charge in [0.15, 0.2) is 0 Å². The average Bonchev–Trinajstić information content (AvgIpc) is 2.79. The van der Waals surface area contributed by atoms with Gasteiger partial charge in [-0.2, -0.15) is 0 Å². The molecule has 1 saturated heterocycles. The molecule has 160 valence electrons. The summed E-state index contributed by atoms with van der Waals surface area (Å²) >= 11 is 0. The first-order chi connectivity index (χ1) is 14.7. The fraction of sp³-hybridized carbons (Fsp3) is 0.417. The van der Waals surface area contributed by atoms with Crippen LogP contribution in [0.3, 0.4) is 0 Å². The fourth-order valence-electron chi connectivity index (χ4n) is 3.96. The fourth-order valence-corrected chi connectivity index (χ4v) is 3.96. The topological polar surface area (TPSA) is 43.0 Å². The Bertz CT molecular complexity index is 892. The van der Waals surface area contributed by atoms with Crippen molar-refractivity contribution < 1.29 is 18.6 Å². The SMILES string of the molecule is CCCOc1ccc(F)c2c1NC(CN1CCOCC1)C(c1ccc(OC)cc1)=C2. The van der Waals surface area contributed by atoms with E-state index in [0.717, 1.165) is 61.8 Å². The van der Waals surface area contributed by atoms with E-state index in [0.29, 0.717) is 17.9 Å². The molecular weight excluding hydrogens is 383 g/mol. The molecule has 0 spiro atoms. The minimum atomic E-state index is -0.253. The van der Waals surface area contributed by atoms with Gasteiger partial charge in [0.2, 0.25) is 0 Å². The number of fused-ring (bicyclic) bond motifs is 1. The molecule has 2 aliphatic rings. The molecule has 1 N–H and O–H groups in total. The summed E-state index contributed by atoms with van der Waals surface area (Å²) in [5.74, 6) is 1.25. The number of hydrogen-bond donors (Lipinski definition) is 1. The molecule has 0 aromatic heterocycles. The summed E-state index contributed by atoms with van der Waals surface area (Å²) in [6.45, 7) is 6.74. The summed E-state index contributed by atoms with van der Waals surface area (Å²) in [6, 6.07) is 11.1. The van der Waals surface area contributed by atoms with Crippen molar-refractivity contribution in [2.75, 3.05) is 51.9 Å². The van der Waals surface area contributed by atoms with Crippen LogP contribution in [-0.4, -0.2) is 57.5 Å². The molecule has 0 amide bonds. The van der Waals surface area contributed by atoms with Crippen molar-refractivity contribution in [3.05, 3.63) is 53.3 Å². The van der Waals surface area contributed by atoms with Crippen molar-refractivity contribution in [2.24, 2.45) is 0 Å². The van der Waals surface area contributed by atoms with Crippen molar-refractivity contribution in [1.29, 1.82) is 0 Å². The van der Waals surface area contributed by atoms with Crippen molar-refractivity contribution in [1.82, 2.24) is 4.90 Å². The highest BCUT2D eigenvalue weighted by Crippen LogP contribution is 2.40. The third-order valence-corrected chi connectivity index (χ3v) is 5.58. The van der Waals surface area contributed by atoms with Gasteiger partial charge >= 0.3 is 0 Å². The molecule has 2 aromatic rings. The van der Waals surface area contributed by atoms with E-state index >= 15 is 0 Å². The van der Waals surface area contributed by atoms with Gasteiger partial charge in [-0.25, -0.2) is 4.39 Å². The maximum absolute atomic E-state index is 14.8. The molecule has 30 heavy (non-hydrogen) atoms. The molecule has 1 atom stereocenters. The van der Waals surface area contributed by atoms with Crippen LogP contribution in [0.15, 0.2) is 36.4 Å². The lowest BCUT2D eigenvalue weighted by atomic mass is 9.91. The Hall–Kier alpha value is -2.57. The molecule has 0 bridgehead atoms. The quantitative estimate of drug-likeness (QED) is 0.735. The first kappa shape index (κ1) is 20.7. The lowest BCUT2D eigenvalue weighted by Crippen LogP contribution is -2.44. The summed E-state index contributed by atoms with van der Waals surface area (Å²) in [5, 5.41) is 3.59. The Morgan fingerprint density at radius 3 is 2.60 bits per heavy atom. The second-order valence-electron chi connectivity index (χ2n) is 7.62. The third-order valence-electron chi connectivity index (χ3n) is 5.58. The molecule has 6 heteroatoms. The van der Waals surface area contributed by atoms with Crippen LogP contribution in [0.4, 0.5) is 10.1 Å². The van der Waals surface area contributed by atoms with E-state index in [1.807, 2.05) is 30.3 Å². The Kier molecular flexibility index (Phi) is 6.55. The van der Waals surface area contributed by atoms with Gasteiger partial charge in [0, 0.05) is 25.2 Å². The van der Waals surface area contributed by atoms with E-state index in [2.05, 4.69) is 17.1 Å². The van der Waals surface area contributed by atoms with Crippen LogP contribution >= 0.6 is 0 Å². The smallest absolute Gasteiger partial charge is 0.143 e. The van der Waals surface area contributed by atoms with Crippen molar-refractivity contribution in [3.8, 4) is 11.5 Å². The van der Waals surface area contributed by atoms with Gasteiger partial charge in [-0.05, 0) is 47.9 Å². The zero-order valence-electron chi connectivity index (χ0n) is 17.6. The number of halogens is 1. The molecule has 5 nitrogen and oxygen atoms in total. The second kappa shape index (κ2) is 9.49. The van der Waals surface area contributed by atoms with Crippen LogP contribution in [0.2, 0.25) is 0 Å². The number of rotatable bonds is 7. The third kappa shape index (κ3) is 4.45. The number of benzene rings is 2. The van der Waals surface area contributed by atoms with Gasteiger partial charge in [0.1, 0.15) is 17.3 Å². The van der Waals surface area contributed by atoms with Gasteiger partial charge < -0.3 is 19.5 Å². The van der Waals surface area contributed by atoms with Crippen LogP contribution in [-0.2, 0) is 4.74 Å². The maximum atomic E-state index is 14.8. The van der Waals surface area contributed by atoms with Crippen molar-refractivity contribution in [3.63, 3.8) is 0 Å². The number of morpholine rings is 1. The lowest BCUT2D eigenvalue weighted by Gasteiger charge is -2.35. The van der Waals surface area contributed by atoms with E-state index in [1.54, 1.807) is 13.2 Å². The number of nitrogens with zero attached hydrogens (tertiary/aromatic N) is 1. The summed E-state index contributed by atoms with van der Waals surface area (Å²) in [6.07, 6.45) is 2.86. The number of anilines is 1. The zero-order valence-corrected chi connectivity index (χ0v) is 17.6. The van der Waals surface area contributed by atoms with Crippen LogP contribution in [0.25, 0.3) is 11.6 Å². The van der Waals surface area contributed by atoms with E-state index in [9.17, 15) is 4.39 Å². The number of hydrogen-bond acceptors (Lipinski definition) is 5. The molecule has 2 aromatic carbocycles. The standard InChI is InChI=1S/C24H29FN2O3/c1-3-12-30-23-9-8-21(25)20-15-19(17-4-6-18(28-2)7-5-17)22(26-24(20)23)16-27-10-13-29-14-11-27/h4-9,15,22,26H,3,10-14,16H2,1-2H3. The van der Waals surface area contributed by atoms with Gasteiger partial charge in [-0.1, -0.05) is 19.1 Å². The van der Waals surface area contributed by atoms with E-state index in [1.165, 1.54) is 6.07 Å². The average molecular weight is 413 g/mol. The van der Waals surface area contributed by atoms with Crippen LogP contribution in [0, 0.1) is 5.82 Å². The van der Waals surface area contributed by atoms with Crippen LogP contribution < -0.4 is 14.8 Å². The molecule has 0 radical (unpaired) electrons. The number of methoxy groups -OCH3 is 1. The van der Waals surface area contributed by atoms with Gasteiger partial charge in [-0.3, -0.25) is 4.90 Å². The lowest BCUT2D eigenvalue weighted by molar-refractivity contribution is 0.0379. The summed E-state index contributed by atoms with van der Waals surface area (Å²) in [7, 11) is 1.65. The minimum Gasteiger partial charge on any atom is -0.497 e. The highest BCUT2D eigenvalue weighted by molar-refractivity contribution is 5.94. The predicted octanol–water partition coefficient (Wildman–Crippen LogP) is 4.29. The largest absolute Gasteiger partial charge is 0.497 e.